The maximum Gasteiger partial charge on any atom is 0.220 e. The van der Waals surface area contributed by atoms with Gasteiger partial charge >= 0.3 is 0 Å². The number of rotatable bonds is 17. The summed E-state index contributed by atoms with van der Waals surface area (Å²) in [6, 6.07) is 0. The van der Waals surface area contributed by atoms with Gasteiger partial charge in [-0.2, -0.15) is 5.26 Å². The molecule has 0 atom stereocenters. The average Bonchev–Trinajstić information content (AvgIpc) is 2.56. The molecule has 0 saturated heterocycles. The maximum atomic E-state index is 11.5. The first-order valence-electron chi connectivity index (χ1n) is 9.58. The number of carbonyl (C=O) groups excluding carboxylic acids is 1. The Balaban J connectivity index is 3.10. The molecule has 23 heavy (non-hydrogen) atoms. The van der Waals surface area contributed by atoms with Gasteiger partial charge in [-0.25, -0.2) is 0 Å². The number of nitrogens with zero attached hydrogens (tertiary/aromatic N) is 1. The summed E-state index contributed by atoms with van der Waals surface area (Å²) in [5.74, 6) is 0.813. The number of amides is 1. The summed E-state index contributed by atoms with van der Waals surface area (Å²) >= 11 is 1.19. The molecular weight excluding hydrogens is 304 g/mol. The molecule has 1 N–H and O–H groups in total. The van der Waals surface area contributed by atoms with Crippen LogP contribution in [0.1, 0.15) is 96.8 Å². The fraction of sp³-hybridized carbons (Fsp3) is 0.895. The monoisotopic (exact) mass is 340 g/mol. The number of carbonyl (C=O) groups is 1. The molecule has 0 unspecified atom stereocenters. The van der Waals surface area contributed by atoms with E-state index in [4.69, 9.17) is 5.26 Å². The van der Waals surface area contributed by atoms with E-state index in [1.165, 1.54) is 82.4 Å². The lowest BCUT2D eigenvalue weighted by Crippen LogP contribution is -2.25. The van der Waals surface area contributed by atoms with Crippen molar-refractivity contribution in [2.24, 2.45) is 0 Å². The van der Waals surface area contributed by atoms with E-state index in [1.54, 1.807) is 0 Å². The molecule has 0 aliphatic carbocycles. The second-order valence-corrected chi connectivity index (χ2v) is 7.16. The fourth-order valence-corrected chi connectivity index (χ4v) is 2.97. The number of hydrogen-bond acceptors (Lipinski definition) is 3. The predicted molar refractivity (Wildman–Crippen MR) is 101 cm³/mol. The predicted octanol–water partition coefficient (Wildman–Crippen LogP) is 5.80. The van der Waals surface area contributed by atoms with Gasteiger partial charge in [-0.1, -0.05) is 84.0 Å². The highest BCUT2D eigenvalue weighted by atomic mass is 32.2. The van der Waals surface area contributed by atoms with Crippen LogP contribution >= 0.6 is 11.8 Å². The highest BCUT2D eigenvalue weighted by Gasteiger charge is 2.00. The molecule has 0 heterocycles. The van der Waals surface area contributed by atoms with Crippen LogP contribution in [0.3, 0.4) is 0 Å². The van der Waals surface area contributed by atoms with Gasteiger partial charge in [-0.15, -0.1) is 0 Å². The lowest BCUT2D eigenvalue weighted by atomic mass is 10.0. The summed E-state index contributed by atoms with van der Waals surface area (Å²) in [7, 11) is 0. The van der Waals surface area contributed by atoms with Crippen molar-refractivity contribution in [3.05, 3.63) is 0 Å². The van der Waals surface area contributed by atoms with Crippen LogP contribution in [0, 0.1) is 10.7 Å². The molecule has 0 aromatic carbocycles. The standard InChI is InChI=1S/C19H36N2OS/c1-2-3-4-5-6-7-8-9-10-11-12-13-14-15-19(22)21-16-17-23-18-20/h2-17H2,1H3,(H,21,22). The maximum absolute atomic E-state index is 11.5. The lowest BCUT2D eigenvalue weighted by Gasteiger charge is -2.04. The third kappa shape index (κ3) is 19.3. The fourth-order valence-electron chi connectivity index (χ4n) is 2.68. The van der Waals surface area contributed by atoms with Crippen molar-refractivity contribution < 1.29 is 4.79 Å². The van der Waals surface area contributed by atoms with Crippen molar-refractivity contribution in [3.63, 3.8) is 0 Å². The van der Waals surface area contributed by atoms with Crippen LogP contribution in [-0.4, -0.2) is 18.2 Å². The normalized spacial score (nSPS) is 10.4. The molecule has 4 heteroatoms. The number of nitrogens with one attached hydrogen (secondary N) is 1. The Bertz CT molecular complexity index is 302. The van der Waals surface area contributed by atoms with E-state index in [9.17, 15) is 4.79 Å². The molecule has 0 fully saturated rings. The Morgan fingerprint density at radius 2 is 1.35 bits per heavy atom. The van der Waals surface area contributed by atoms with E-state index in [0.717, 1.165) is 12.8 Å². The molecule has 0 aliphatic heterocycles. The zero-order valence-corrected chi connectivity index (χ0v) is 15.9. The Morgan fingerprint density at radius 3 is 1.83 bits per heavy atom. The van der Waals surface area contributed by atoms with Crippen LogP contribution in [0.4, 0.5) is 0 Å². The molecule has 0 rings (SSSR count). The van der Waals surface area contributed by atoms with E-state index in [0.29, 0.717) is 18.7 Å². The van der Waals surface area contributed by atoms with Gasteiger partial charge in [0.1, 0.15) is 5.40 Å². The number of thiocyanates is 1. The van der Waals surface area contributed by atoms with Crippen molar-refractivity contribution in [1.82, 2.24) is 5.32 Å². The van der Waals surface area contributed by atoms with Crippen molar-refractivity contribution >= 4 is 17.7 Å². The van der Waals surface area contributed by atoms with Crippen LogP contribution in [0.5, 0.6) is 0 Å². The summed E-state index contributed by atoms with van der Waals surface area (Å²) in [6.07, 6.45) is 17.9. The molecule has 0 aromatic rings. The summed E-state index contributed by atoms with van der Waals surface area (Å²) in [5, 5.41) is 13.2. The number of nitriles is 1. The largest absolute Gasteiger partial charge is 0.355 e. The summed E-state index contributed by atoms with van der Waals surface area (Å²) < 4.78 is 0. The van der Waals surface area contributed by atoms with Gasteiger partial charge in [0.2, 0.25) is 5.91 Å². The van der Waals surface area contributed by atoms with Gasteiger partial charge in [0.25, 0.3) is 0 Å². The average molecular weight is 341 g/mol. The zero-order valence-electron chi connectivity index (χ0n) is 15.1. The van der Waals surface area contributed by atoms with Gasteiger partial charge in [0, 0.05) is 18.7 Å². The molecule has 0 aromatic heterocycles. The first-order chi connectivity index (χ1) is 11.3. The Hall–Kier alpha value is -0.690. The van der Waals surface area contributed by atoms with Crippen LogP contribution in [0.2, 0.25) is 0 Å². The van der Waals surface area contributed by atoms with Gasteiger partial charge in [0.05, 0.1) is 0 Å². The summed E-state index contributed by atoms with van der Waals surface area (Å²) in [6.45, 7) is 2.87. The molecular formula is C19H36N2OS. The van der Waals surface area contributed by atoms with Crippen molar-refractivity contribution in [1.29, 1.82) is 5.26 Å². The Morgan fingerprint density at radius 1 is 0.870 bits per heavy atom. The Labute approximate surface area is 148 Å². The molecule has 3 nitrogen and oxygen atoms in total. The highest BCUT2D eigenvalue weighted by Crippen LogP contribution is 2.12. The van der Waals surface area contributed by atoms with Crippen molar-refractivity contribution in [2.45, 2.75) is 96.8 Å². The van der Waals surface area contributed by atoms with Gasteiger partial charge in [-0.3, -0.25) is 4.79 Å². The molecule has 0 bridgehead atoms. The summed E-state index contributed by atoms with van der Waals surface area (Å²) in [5.41, 5.74) is 0. The van der Waals surface area contributed by atoms with E-state index < -0.39 is 0 Å². The smallest absolute Gasteiger partial charge is 0.220 e. The number of thioether (sulfide) groups is 1. The molecule has 134 valence electrons. The topological polar surface area (TPSA) is 52.9 Å². The van der Waals surface area contributed by atoms with Gasteiger partial charge < -0.3 is 5.32 Å². The first kappa shape index (κ1) is 22.3. The minimum absolute atomic E-state index is 0.131. The van der Waals surface area contributed by atoms with Crippen molar-refractivity contribution in [3.8, 4) is 5.40 Å². The Kier molecular flexibility index (Phi) is 18.8. The van der Waals surface area contributed by atoms with Crippen LogP contribution in [0.15, 0.2) is 0 Å². The molecule has 0 radical (unpaired) electrons. The highest BCUT2D eigenvalue weighted by molar-refractivity contribution is 8.03. The van der Waals surface area contributed by atoms with E-state index in [1.807, 2.05) is 5.40 Å². The quantitative estimate of drug-likeness (QED) is 0.269. The van der Waals surface area contributed by atoms with E-state index >= 15 is 0 Å². The first-order valence-corrected chi connectivity index (χ1v) is 10.6. The van der Waals surface area contributed by atoms with E-state index in [2.05, 4.69) is 12.2 Å². The molecule has 0 spiro atoms. The third-order valence-corrected chi connectivity index (χ3v) is 4.64. The minimum Gasteiger partial charge on any atom is -0.355 e. The molecule has 0 aliphatic rings. The SMILES string of the molecule is CCCCCCCCCCCCCCCC(=O)NCCSC#N. The number of unbranched alkanes of at least 4 members (excludes halogenated alkanes) is 12. The minimum atomic E-state index is 0.131. The zero-order chi connectivity index (χ0) is 17.0. The second kappa shape index (κ2) is 19.4. The molecule has 0 saturated carbocycles. The van der Waals surface area contributed by atoms with Crippen LogP contribution in [-0.2, 0) is 4.79 Å². The van der Waals surface area contributed by atoms with E-state index in [-0.39, 0.29) is 5.91 Å². The van der Waals surface area contributed by atoms with Crippen molar-refractivity contribution in [2.75, 3.05) is 12.3 Å². The van der Waals surface area contributed by atoms with Crippen LogP contribution in [0.25, 0.3) is 0 Å². The van der Waals surface area contributed by atoms with Gasteiger partial charge in [0.15, 0.2) is 0 Å². The summed E-state index contributed by atoms with van der Waals surface area (Å²) in [4.78, 5) is 11.5. The lowest BCUT2D eigenvalue weighted by molar-refractivity contribution is -0.121. The molecule has 1 amide bonds. The van der Waals surface area contributed by atoms with Gasteiger partial charge in [-0.05, 0) is 18.2 Å². The second-order valence-electron chi connectivity index (χ2n) is 6.28. The number of hydrogen-bond donors (Lipinski definition) is 1. The van der Waals surface area contributed by atoms with Crippen LogP contribution < -0.4 is 5.32 Å². The third-order valence-electron chi connectivity index (χ3n) is 4.10.